The molecule has 7 heteroatoms. The number of benzene rings is 2. The minimum Gasteiger partial charge on any atom is -0.493 e. The Hall–Kier alpha value is -2.09. The van der Waals surface area contributed by atoms with Gasteiger partial charge in [-0.2, -0.15) is 0 Å². The first-order chi connectivity index (χ1) is 9.56. The molecule has 0 aliphatic carbocycles. The molecule has 0 bridgehead atoms. The Kier molecular flexibility index (Phi) is 4.23. The number of sulfonamides is 1. The van der Waals surface area contributed by atoms with Gasteiger partial charge in [0.2, 0.25) is 0 Å². The van der Waals surface area contributed by atoms with Crippen molar-refractivity contribution in [2.75, 3.05) is 7.11 Å². The molecule has 106 valence electrons. The third-order valence-corrected chi connectivity index (χ3v) is 3.68. The highest BCUT2D eigenvalue weighted by molar-refractivity contribution is 7.89. The minimum absolute atomic E-state index is 0.0626. The Bertz CT molecular complexity index is 682. The van der Waals surface area contributed by atoms with Gasteiger partial charge in [-0.25, -0.2) is 8.42 Å². The molecule has 6 nitrogen and oxygen atoms in total. The van der Waals surface area contributed by atoms with Crippen molar-refractivity contribution in [2.24, 2.45) is 0 Å². The van der Waals surface area contributed by atoms with Crippen molar-refractivity contribution >= 4 is 10.0 Å². The lowest BCUT2D eigenvalue weighted by molar-refractivity contribution is 0.242. The maximum absolute atomic E-state index is 11.3. The number of ether oxygens (including phenoxy) is 2. The molecule has 0 saturated carbocycles. The third-order valence-electron chi connectivity index (χ3n) is 2.55. The van der Waals surface area contributed by atoms with Crippen molar-refractivity contribution in [3.8, 4) is 17.2 Å². The number of hydrogen-bond acceptors (Lipinski definition) is 5. The molecule has 0 unspecified atom stereocenters. The maximum Gasteiger partial charge on any atom is 0.262 e. The fraction of sp³-hybridized carbons (Fsp3) is 0.0769. The fourth-order valence-electron chi connectivity index (χ4n) is 1.57. The zero-order chi connectivity index (χ0) is 14.6. The van der Waals surface area contributed by atoms with Crippen LogP contribution < -0.4 is 14.4 Å². The van der Waals surface area contributed by atoms with Crippen LogP contribution in [0.1, 0.15) is 0 Å². The third kappa shape index (κ3) is 3.08. The van der Waals surface area contributed by atoms with E-state index in [1.54, 1.807) is 18.2 Å². The van der Waals surface area contributed by atoms with Crippen molar-refractivity contribution < 1.29 is 23.1 Å². The van der Waals surface area contributed by atoms with Crippen molar-refractivity contribution in [1.82, 2.24) is 4.89 Å². The van der Waals surface area contributed by atoms with E-state index in [0.29, 0.717) is 17.2 Å². The molecule has 0 atom stereocenters. The Labute approximate surface area is 116 Å². The summed E-state index contributed by atoms with van der Waals surface area (Å²) in [4.78, 5) is 1.19. The molecule has 20 heavy (non-hydrogen) atoms. The van der Waals surface area contributed by atoms with E-state index < -0.39 is 10.0 Å². The second-order valence-corrected chi connectivity index (χ2v) is 5.48. The van der Waals surface area contributed by atoms with Gasteiger partial charge in [0.15, 0.2) is 11.5 Å². The van der Waals surface area contributed by atoms with E-state index in [1.165, 1.54) is 36.3 Å². The summed E-state index contributed by atoms with van der Waals surface area (Å²) in [6, 6.07) is 12.7. The first-order valence-electron chi connectivity index (χ1n) is 5.63. The first-order valence-corrected chi connectivity index (χ1v) is 7.12. The monoisotopic (exact) mass is 295 g/mol. The summed E-state index contributed by atoms with van der Waals surface area (Å²) in [7, 11) is -2.34. The van der Waals surface area contributed by atoms with Crippen molar-refractivity contribution in [3.05, 3.63) is 48.5 Å². The number of nitrogens with one attached hydrogen (secondary N) is 1. The summed E-state index contributed by atoms with van der Waals surface area (Å²) in [6.45, 7) is 0. The molecule has 2 N–H and O–H groups in total. The molecule has 0 amide bonds. The maximum atomic E-state index is 11.3. The number of methoxy groups -OCH3 is 1. The molecule has 0 heterocycles. The predicted molar refractivity (Wildman–Crippen MR) is 71.6 cm³/mol. The van der Waals surface area contributed by atoms with Crippen LogP contribution in [-0.4, -0.2) is 20.7 Å². The van der Waals surface area contributed by atoms with E-state index in [1.807, 2.05) is 6.07 Å². The summed E-state index contributed by atoms with van der Waals surface area (Å²) in [6.07, 6.45) is 0. The molecule has 2 aromatic carbocycles. The topological polar surface area (TPSA) is 84.9 Å². The van der Waals surface area contributed by atoms with Crippen molar-refractivity contribution in [2.45, 2.75) is 4.90 Å². The van der Waals surface area contributed by atoms with Crippen LogP contribution in [-0.2, 0) is 10.0 Å². The van der Waals surface area contributed by atoms with Gasteiger partial charge in [0.05, 0.1) is 12.0 Å². The van der Waals surface area contributed by atoms with Crippen LogP contribution in [0.3, 0.4) is 0 Å². The van der Waals surface area contributed by atoms with Crippen LogP contribution in [0.25, 0.3) is 0 Å². The van der Waals surface area contributed by atoms with Crippen LogP contribution in [0.4, 0.5) is 0 Å². The predicted octanol–water partition coefficient (Wildman–Crippen LogP) is 2.16. The lowest BCUT2D eigenvalue weighted by atomic mass is 10.3. The van der Waals surface area contributed by atoms with Crippen molar-refractivity contribution in [1.29, 1.82) is 0 Å². The molecular formula is C13H13NO5S. The molecule has 0 radical (unpaired) electrons. The largest absolute Gasteiger partial charge is 0.493 e. The van der Waals surface area contributed by atoms with Crippen LogP contribution >= 0.6 is 0 Å². The summed E-state index contributed by atoms with van der Waals surface area (Å²) < 4.78 is 33.4. The number of para-hydroxylation sites is 2. The van der Waals surface area contributed by atoms with Gasteiger partial charge in [-0.05, 0) is 36.4 Å². The number of rotatable bonds is 5. The van der Waals surface area contributed by atoms with E-state index in [0.717, 1.165) is 0 Å². The van der Waals surface area contributed by atoms with E-state index in [-0.39, 0.29) is 4.90 Å². The zero-order valence-corrected chi connectivity index (χ0v) is 11.4. The van der Waals surface area contributed by atoms with Crippen molar-refractivity contribution in [3.63, 3.8) is 0 Å². The highest BCUT2D eigenvalue weighted by Crippen LogP contribution is 2.31. The lowest BCUT2D eigenvalue weighted by Crippen LogP contribution is -2.19. The van der Waals surface area contributed by atoms with Crippen LogP contribution in [0, 0.1) is 0 Å². The molecule has 2 rings (SSSR count). The molecule has 0 aliphatic heterocycles. The molecule has 0 aromatic heterocycles. The summed E-state index contributed by atoms with van der Waals surface area (Å²) in [5.74, 6) is 1.54. The summed E-state index contributed by atoms with van der Waals surface area (Å²) >= 11 is 0. The quantitative estimate of drug-likeness (QED) is 0.826. The Balaban J connectivity index is 2.23. The average Bonchev–Trinajstić information content (AvgIpc) is 2.48. The van der Waals surface area contributed by atoms with Gasteiger partial charge < -0.3 is 14.7 Å². The highest BCUT2D eigenvalue weighted by atomic mass is 32.2. The van der Waals surface area contributed by atoms with Crippen LogP contribution in [0.5, 0.6) is 17.2 Å². The van der Waals surface area contributed by atoms with E-state index in [4.69, 9.17) is 14.7 Å². The molecule has 0 spiro atoms. The van der Waals surface area contributed by atoms with E-state index >= 15 is 0 Å². The van der Waals surface area contributed by atoms with E-state index in [9.17, 15) is 8.42 Å². The normalized spacial score (nSPS) is 11.1. The smallest absolute Gasteiger partial charge is 0.262 e. The molecule has 0 saturated heterocycles. The minimum atomic E-state index is -3.88. The summed E-state index contributed by atoms with van der Waals surface area (Å²) in [5, 5.41) is 8.53. The van der Waals surface area contributed by atoms with Gasteiger partial charge in [-0.3, -0.25) is 0 Å². The highest BCUT2D eigenvalue weighted by Gasteiger charge is 2.12. The second kappa shape index (κ2) is 5.91. The van der Waals surface area contributed by atoms with Crippen LogP contribution in [0.15, 0.2) is 53.4 Å². The van der Waals surface area contributed by atoms with Gasteiger partial charge in [-0.1, -0.05) is 17.0 Å². The fourth-order valence-corrected chi connectivity index (χ4v) is 2.17. The second-order valence-electron chi connectivity index (χ2n) is 3.82. The lowest BCUT2D eigenvalue weighted by Gasteiger charge is -2.10. The van der Waals surface area contributed by atoms with Crippen LogP contribution in [0.2, 0.25) is 0 Å². The Morgan fingerprint density at radius 2 is 1.60 bits per heavy atom. The number of hydrogen-bond donors (Lipinski definition) is 2. The average molecular weight is 295 g/mol. The van der Waals surface area contributed by atoms with Gasteiger partial charge in [0, 0.05) is 0 Å². The molecular weight excluding hydrogens is 282 g/mol. The van der Waals surface area contributed by atoms with Gasteiger partial charge in [-0.15, -0.1) is 0 Å². The Morgan fingerprint density at radius 1 is 1.00 bits per heavy atom. The zero-order valence-electron chi connectivity index (χ0n) is 10.6. The standard InChI is InChI=1S/C13H13NO5S/c1-18-12-4-2-3-5-13(12)19-10-6-8-11(9-7-10)20(16,17)14-15/h2-9,14-15H,1H3. The van der Waals surface area contributed by atoms with Gasteiger partial charge in [0.1, 0.15) is 5.75 Å². The summed E-state index contributed by atoms with van der Waals surface area (Å²) in [5.41, 5.74) is 0. The van der Waals surface area contributed by atoms with Gasteiger partial charge >= 0.3 is 0 Å². The van der Waals surface area contributed by atoms with Gasteiger partial charge in [0.25, 0.3) is 10.0 Å². The molecule has 2 aromatic rings. The van der Waals surface area contributed by atoms with E-state index in [2.05, 4.69) is 0 Å². The molecule has 0 aliphatic rings. The first kappa shape index (κ1) is 14.3. The molecule has 0 fully saturated rings. The Morgan fingerprint density at radius 3 is 2.15 bits per heavy atom. The SMILES string of the molecule is COc1ccccc1Oc1ccc(S(=O)(=O)NO)cc1.